The van der Waals surface area contributed by atoms with Crippen molar-refractivity contribution in [3.63, 3.8) is 0 Å². The number of aliphatic carboxylic acids is 1. The zero-order valence-corrected chi connectivity index (χ0v) is 10.6. The first-order valence-corrected chi connectivity index (χ1v) is 5.19. The van der Waals surface area contributed by atoms with Crippen molar-refractivity contribution in [1.82, 2.24) is 16.2 Å². The largest absolute Gasteiger partial charge is 0.490 e. The second-order valence-corrected chi connectivity index (χ2v) is 3.27. The van der Waals surface area contributed by atoms with Crippen molar-refractivity contribution in [3.8, 4) is 0 Å². The maximum Gasteiger partial charge on any atom is 0.490 e. The molecule has 6 N–H and O–H groups in total. The fourth-order valence-corrected chi connectivity index (χ4v) is 0.546. The van der Waals surface area contributed by atoms with Crippen molar-refractivity contribution in [3.05, 3.63) is 0 Å². The number of carboxylic acids is 1. The van der Waals surface area contributed by atoms with Crippen LogP contribution >= 0.6 is 0 Å². The van der Waals surface area contributed by atoms with Crippen molar-refractivity contribution in [2.75, 3.05) is 19.6 Å². The second kappa shape index (κ2) is 9.78. The van der Waals surface area contributed by atoms with Gasteiger partial charge in [0.1, 0.15) is 0 Å². The highest BCUT2D eigenvalue weighted by molar-refractivity contribution is 5.85. The van der Waals surface area contributed by atoms with Gasteiger partial charge < -0.3 is 16.2 Å². The number of amides is 2. The summed E-state index contributed by atoms with van der Waals surface area (Å²) in [5, 5.41) is 9.65. The summed E-state index contributed by atoms with van der Waals surface area (Å²) in [4.78, 5) is 29.9. The van der Waals surface area contributed by atoms with Crippen LogP contribution in [-0.2, 0) is 14.4 Å². The molecule has 0 aliphatic rings. The monoisotopic (exact) mass is 342 g/mol. The van der Waals surface area contributed by atoms with Crippen molar-refractivity contribution in [2.45, 2.75) is 12.4 Å². The summed E-state index contributed by atoms with van der Waals surface area (Å²) in [6.07, 6.45) is -10.1. The molecule has 0 aromatic heterocycles. The van der Waals surface area contributed by atoms with Gasteiger partial charge in [0.2, 0.25) is 0 Å². The van der Waals surface area contributed by atoms with Gasteiger partial charge in [-0.1, -0.05) is 0 Å². The number of rotatable bonds is 4. The predicted octanol–water partition coefficient (Wildman–Crippen LogP) is -1.12. The van der Waals surface area contributed by atoms with E-state index in [1.54, 1.807) is 5.43 Å². The summed E-state index contributed by atoms with van der Waals surface area (Å²) in [7, 11) is 0. The van der Waals surface area contributed by atoms with E-state index in [9.17, 15) is 35.9 Å². The van der Waals surface area contributed by atoms with E-state index in [1.807, 2.05) is 0 Å². The molecular formula is C8H12F6N4O4. The number of hydrogen-bond acceptors (Lipinski definition) is 5. The van der Waals surface area contributed by atoms with Crippen LogP contribution in [0.1, 0.15) is 0 Å². The Morgan fingerprint density at radius 3 is 1.73 bits per heavy atom. The van der Waals surface area contributed by atoms with E-state index in [2.05, 4.69) is 5.32 Å². The lowest BCUT2D eigenvalue weighted by Crippen LogP contribution is -2.50. The molecule has 0 saturated heterocycles. The molecule has 0 heterocycles. The van der Waals surface area contributed by atoms with Crippen LogP contribution in [0.2, 0.25) is 0 Å². The summed E-state index contributed by atoms with van der Waals surface area (Å²) in [5.41, 5.74) is 7.88. The number of halogens is 6. The van der Waals surface area contributed by atoms with Crippen molar-refractivity contribution in [1.29, 1.82) is 0 Å². The SMILES string of the molecule is NCCNCC(=O)NNC(=O)C(F)(F)F.O=C(O)C(F)(F)F. The summed E-state index contributed by atoms with van der Waals surface area (Å²) in [6.45, 7) is 0.415. The topological polar surface area (TPSA) is 134 Å². The molecule has 130 valence electrons. The molecular weight excluding hydrogens is 330 g/mol. The molecule has 0 fully saturated rings. The smallest absolute Gasteiger partial charge is 0.475 e. The summed E-state index contributed by atoms with van der Waals surface area (Å²) < 4.78 is 66.6. The molecule has 0 saturated carbocycles. The normalized spacial score (nSPS) is 11.0. The van der Waals surface area contributed by atoms with Gasteiger partial charge in [0.25, 0.3) is 5.91 Å². The lowest BCUT2D eigenvalue weighted by atomic mass is 10.5. The van der Waals surface area contributed by atoms with E-state index in [0.29, 0.717) is 13.1 Å². The Labute approximate surface area is 119 Å². The molecule has 0 unspecified atom stereocenters. The summed E-state index contributed by atoms with van der Waals surface area (Å²) in [6, 6.07) is 0. The molecule has 8 nitrogen and oxygen atoms in total. The first-order valence-electron chi connectivity index (χ1n) is 5.19. The number of hydrazine groups is 1. The molecule has 0 aliphatic heterocycles. The number of hydrogen-bond donors (Lipinski definition) is 5. The average Bonchev–Trinajstić information content (AvgIpc) is 2.34. The van der Waals surface area contributed by atoms with Gasteiger partial charge in [-0.05, 0) is 0 Å². The van der Waals surface area contributed by atoms with Crippen LogP contribution in [0.4, 0.5) is 26.3 Å². The van der Waals surface area contributed by atoms with Crippen molar-refractivity contribution < 1.29 is 45.8 Å². The minimum atomic E-state index is -5.08. The number of nitrogens with two attached hydrogens (primary N) is 1. The second-order valence-electron chi connectivity index (χ2n) is 3.27. The number of carbonyl (C=O) groups excluding carboxylic acids is 2. The van der Waals surface area contributed by atoms with Crippen LogP contribution in [0.5, 0.6) is 0 Å². The van der Waals surface area contributed by atoms with Gasteiger partial charge in [0.05, 0.1) is 6.54 Å². The molecule has 2 amide bonds. The Morgan fingerprint density at radius 2 is 1.41 bits per heavy atom. The van der Waals surface area contributed by atoms with Gasteiger partial charge in [0, 0.05) is 13.1 Å². The Balaban J connectivity index is 0. The number of nitrogens with one attached hydrogen (secondary N) is 3. The van der Waals surface area contributed by atoms with Crippen LogP contribution in [0.25, 0.3) is 0 Å². The van der Waals surface area contributed by atoms with Gasteiger partial charge in [-0.2, -0.15) is 26.3 Å². The third kappa shape index (κ3) is 12.9. The van der Waals surface area contributed by atoms with E-state index in [0.717, 1.165) is 0 Å². The molecule has 22 heavy (non-hydrogen) atoms. The highest BCUT2D eigenvalue weighted by Gasteiger charge is 2.39. The molecule has 0 aliphatic carbocycles. The summed E-state index contributed by atoms with van der Waals surface area (Å²) in [5.74, 6) is -5.77. The fourth-order valence-electron chi connectivity index (χ4n) is 0.546. The maximum absolute atomic E-state index is 11.6. The number of alkyl halides is 6. The lowest BCUT2D eigenvalue weighted by molar-refractivity contribution is -0.192. The highest BCUT2D eigenvalue weighted by Crippen LogP contribution is 2.13. The maximum atomic E-state index is 11.6. The minimum absolute atomic E-state index is 0.227. The quantitative estimate of drug-likeness (QED) is 0.250. The lowest BCUT2D eigenvalue weighted by Gasteiger charge is -2.09. The predicted molar refractivity (Wildman–Crippen MR) is 58.0 cm³/mol. The van der Waals surface area contributed by atoms with E-state index in [-0.39, 0.29) is 6.54 Å². The highest BCUT2D eigenvalue weighted by atomic mass is 19.4. The Kier molecular flexibility index (Phi) is 9.86. The molecule has 0 rings (SSSR count). The van der Waals surface area contributed by atoms with Crippen LogP contribution in [0.15, 0.2) is 0 Å². The molecule has 0 bridgehead atoms. The zero-order chi connectivity index (χ0) is 18.0. The third-order valence-electron chi connectivity index (χ3n) is 1.42. The van der Waals surface area contributed by atoms with Crippen LogP contribution in [0, 0.1) is 0 Å². The standard InChI is InChI=1S/C6H11F3N4O2.C2HF3O2/c7-6(8,9)5(15)13-12-4(14)3-11-2-1-10;3-2(4,5)1(6)7/h11H,1-3,10H2,(H,12,14)(H,13,15);(H,6,7). The van der Waals surface area contributed by atoms with E-state index >= 15 is 0 Å². The Morgan fingerprint density at radius 1 is 0.955 bits per heavy atom. The van der Waals surface area contributed by atoms with Gasteiger partial charge in [-0.25, -0.2) is 4.79 Å². The summed E-state index contributed by atoms with van der Waals surface area (Å²) >= 11 is 0. The molecule has 0 atom stereocenters. The Bertz CT molecular complexity index is 384. The third-order valence-corrected chi connectivity index (χ3v) is 1.42. The van der Waals surface area contributed by atoms with Crippen LogP contribution < -0.4 is 21.9 Å². The van der Waals surface area contributed by atoms with Crippen LogP contribution in [-0.4, -0.2) is 54.9 Å². The zero-order valence-electron chi connectivity index (χ0n) is 10.6. The van der Waals surface area contributed by atoms with Crippen molar-refractivity contribution >= 4 is 17.8 Å². The molecule has 0 radical (unpaired) electrons. The minimum Gasteiger partial charge on any atom is -0.475 e. The molecule has 0 spiro atoms. The number of carbonyl (C=O) groups is 3. The fraction of sp³-hybridized carbons (Fsp3) is 0.625. The Hall–Kier alpha value is -2.09. The average molecular weight is 342 g/mol. The first-order chi connectivity index (χ1) is 9.82. The van der Waals surface area contributed by atoms with Gasteiger partial charge in [-0.15, -0.1) is 0 Å². The van der Waals surface area contributed by atoms with E-state index < -0.39 is 30.1 Å². The molecule has 14 heteroatoms. The van der Waals surface area contributed by atoms with Gasteiger partial charge in [-0.3, -0.25) is 20.4 Å². The molecule has 0 aromatic carbocycles. The number of carboxylic acid groups (broad SMARTS) is 1. The van der Waals surface area contributed by atoms with E-state index in [4.69, 9.17) is 15.6 Å². The van der Waals surface area contributed by atoms with Crippen LogP contribution in [0.3, 0.4) is 0 Å². The van der Waals surface area contributed by atoms with Crippen molar-refractivity contribution in [2.24, 2.45) is 5.73 Å². The van der Waals surface area contributed by atoms with Gasteiger partial charge >= 0.3 is 24.2 Å². The first kappa shape index (κ1) is 22.2. The van der Waals surface area contributed by atoms with Gasteiger partial charge in [0.15, 0.2) is 0 Å². The molecule has 0 aromatic rings. The van der Waals surface area contributed by atoms with E-state index in [1.165, 1.54) is 5.43 Å².